The summed E-state index contributed by atoms with van der Waals surface area (Å²) >= 11 is 0. The van der Waals surface area contributed by atoms with E-state index in [1.165, 1.54) is 12.1 Å². The van der Waals surface area contributed by atoms with Gasteiger partial charge in [0.15, 0.2) is 0 Å². The number of likely N-dealkylation sites (tertiary alicyclic amines) is 1. The van der Waals surface area contributed by atoms with Crippen molar-refractivity contribution in [2.75, 3.05) is 25.0 Å². The summed E-state index contributed by atoms with van der Waals surface area (Å²) in [6.45, 7) is 6.72. The minimum Gasteiger partial charge on any atom is -0.449 e. The number of halogens is 1. The molecule has 0 aliphatic carbocycles. The number of anilines is 1. The maximum Gasteiger partial charge on any atom is 0.411 e. The van der Waals surface area contributed by atoms with Crippen LogP contribution in [-0.2, 0) is 9.47 Å². The lowest BCUT2D eigenvalue weighted by Crippen LogP contribution is -2.42. The molecule has 2 amide bonds. The summed E-state index contributed by atoms with van der Waals surface area (Å²) in [6, 6.07) is 5.58. The molecule has 1 N–H and O–H groups in total. The van der Waals surface area contributed by atoms with Crippen molar-refractivity contribution in [3.05, 3.63) is 29.6 Å². The lowest BCUT2D eigenvalue weighted by Gasteiger charge is -2.33. The third-order valence-electron chi connectivity index (χ3n) is 4.05. The molecule has 1 fully saturated rings. The lowest BCUT2D eigenvalue weighted by atomic mass is 9.98. The first-order chi connectivity index (χ1) is 12.7. The fourth-order valence-corrected chi connectivity index (χ4v) is 2.63. The molecule has 146 valence electrons. The Bertz CT molecular complexity index is 731. The van der Waals surface area contributed by atoms with E-state index in [1.54, 1.807) is 4.90 Å². The van der Waals surface area contributed by atoms with E-state index in [0.717, 1.165) is 6.07 Å². The number of nitrogens with zero attached hydrogens (tertiary/aromatic N) is 2. The summed E-state index contributed by atoms with van der Waals surface area (Å²) in [7, 11) is 0. The van der Waals surface area contributed by atoms with Crippen LogP contribution in [0.1, 0.15) is 39.2 Å². The number of carbonyl (C=O) groups excluding carboxylic acids is 2. The highest BCUT2D eigenvalue weighted by atomic mass is 19.1. The zero-order valence-corrected chi connectivity index (χ0v) is 15.8. The van der Waals surface area contributed by atoms with Gasteiger partial charge in [0.2, 0.25) is 0 Å². The van der Waals surface area contributed by atoms with E-state index in [4.69, 9.17) is 14.7 Å². The van der Waals surface area contributed by atoms with Gasteiger partial charge in [0, 0.05) is 13.1 Å². The summed E-state index contributed by atoms with van der Waals surface area (Å²) in [5.74, 6) is -0.572. The summed E-state index contributed by atoms with van der Waals surface area (Å²) in [6.07, 6.45) is 0.291. The molecule has 1 aliphatic rings. The smallest absolute Gasteiger partial charge is 0.411 e. The normalized spacial score (nSPS) is 15.0. The minimum absolute atomic E-state index is 0.0428. The molecule has 27 heavy (non-hydrogen) atoms. The summed E-state index contributed by atoms with van der Waals surface area (Å²) in [4.78, 5) is 25.5. The summed E-state index contributed by atoms with van der Waals surface area (Å²) < 4.78 is 24.3. The van der Waals surface area contributed by atoms with Crippen LogP contribution in [0.3, 0.4) is 0 Å². The van der Waals surface area contributed by atoms with Gasteiger partial charge in [-0.25, -0.2) is 14.0 Å². The van der Waals surface area contributed by atoms with Crippen LogP contribution < -0.4 is 5.32 Å². The van der Waals surface area contributed by atoms with Gasteiger partial charge >= 0.3 is 12.2 Å². The molecule has 0 atom stereocenters. The fraction of sp³-hybridized carbons (Fsp3) is 0.526. The molecule has 0 saturated carbocycles. The van der Waals surface area contributed by atoms with Gasteiger partial charge in [-0.3, -0.25) is 5.32 Å². The second kappa shape index (κ2) is 8.71. The van der Waals surface area contributed by atoms with E-state index in [2.05, 4.69) is 5.32 Å². The maximum atomic E-state index is 13.8. The Hall–Kier alpha value is -2.82. The van der Waals surface area contributed by atoms with Crippen LogP contribution in [-0.4, -0.2) is 42.4 Å². The largest absolute Gasteiger partial charge is 0.449 e. The van der Waals surface area contributed by atoms with Gasteiger partial charge in [-0.15, -0.1) is 0 Å². The van der Waals surface area contributed by atoms with Gasteiger partial charge in [-0.2, -0.15) is 5.26 Å². The molecule has 0 bridgehead atoms. The number of hydrogen-bond acceptors (Lipinski definition) is 5. The first kappa shape index (κ1) is 20.5. The predicted molar refractivity (Wildman–Crippen MR) is 96.6 cm³/mol. The van der Waals surface area contributed by atoms with Crippen LogP contribution in [0.2, 0.25) is 0 Å². The molecule has 7 nitrogen and oxygen atoms in total. The third kappa shape index (κ3) is 6.44. The lowest BCUT2D eigenvalue weighted by molar-refractivity contribution is 0.0153. The van der Waals surface area contributed by atoms with Crippen molar-refractivity contribution in [1.29, 1.82) is 5.26 Å². The molecule has 1 aromatic rings. The van der Waals surface area contributed by atoms with Crippen LogP contribution in [0.4, 0.5) is 19.7 Å². The van der Waals surface area contributed by atoms with Crippen molar-refractivity contribution in [2.24, 2.45) is 5.92 Å². The molecule has 1 heterocycles. The Balaban J connectivity index is 1.74. The van der Waals surface area contributed by atoms with Crippen LogP contribution in [0.5, 0.6) is 0 Å². The number of ether oxygens (including phenoxy) is 2. The van der Waals surface area contributed by atoms with E-state index >= 15 is 0 Å². The number of benzene rings is 1. The number of rotatable bonds is 3. The number of amides is 2. The molecule has 8 heteroatoms. The van der Waals surface area contributed by atoms with E-state index in [0.29, 0.717) is 25.9 Å². The van der Waals surface area contributed by atoms with Gasteiger partial charge in [-0.1, -0.05) is 0 Å². The molecule has 0 radical (unpaired) electrons. The Labute approximate surface area is 158 Å². The van der Waals surface area contributed by atoms with Crippen molar-refractivity contribution in [1.82, 2.24) is 4.90 Å². The Morgan fingerprint density at radius 1 is 1.33 bits per heavy atom. The summed E-state index contributed by atoms with van der Waals surface area (Å²) in [5.41, 5.74) is -0.405. The SMILES string of the molecule is CC(C)(C)OC(=O)N1CCC(COC(=O)Nc2ccc(C#N)cc2F)CC1. The van der Waals surface area contributed by atoms with E-state index < -0.39 is 17.5 Å². The van der Waals surface area contributed by atoms with Crippen LogP contribution in [0, 0.1) is 23.1 Å². The molecule has 1 aromatic carbocycles. The Morgan fingerprint density at radius 2 is 2.00 bits per heavy atom. The van der Waals surface area contributed by atoms with Crippen LogP contribution >= 0.6 is 0 Å². The molecule has 0 aromatic heterocycles. The molecule has 0 spiro atoms. The van der Waals surface area contributed by atoms with Crippen molar-refractivity contribution in [3.8, 4) is 6.07 Å². The standard InChI is InChI=1S/C19H24FN3O4/c1-19(2,3)27-18(25)23-8-6-13(7-9-23)12-26-17(24)22-16-5-4-14(11-21)10-15(16)20/h4-5,10,13H,6-9,12H2,1-3H3,(H,22,24). The fourth-order valence-electron chi connectivity index (χ4n) is 2.63. The Kier molecular flexibility index (Phi) is 6.61. The van der Waals surface area contributed by atoms with Crippen LogP contribution in [0.15, 0.2) is 18.2 Å². The first-order valence-corrected chi connectivity index (χ1v) is 8.79. The van der Waals surface area contributed by atoms with Crippen molar-refractivity contribution >= 4 is 17.9 Å². The van der Waals surface area contributed by atoms with Crippen molar-refractivity contribution < 1.29 is 23.5 Å². The third-order valence-corrected chi connectivity index (χ3v) is 4.05. The number of nitrogens with one attached hydrogen (secondary N) is 1. The van der Waals surface area contributed by atoms with Crippen LogP contribution in [0.25, 0.3) is 0 Å². The average Bonchev–Trinajstić information content (AvgIpc) is 2.60. The zero-order chi connectivity index (χ0) is 20.0. The second-order valence-corrected chi connectivity index (χ2v) is 7.44. The topological polar surface area (TPSA) is 91.7 Å². The average molecular weight is 377 g/mol. The quantitative estimate of drug-likeness (QED) is 0.863. The second-order valence-electron chi connectivity index (χ2n) is 7.44. The number of carbonyl (C=O) groups is 2. The molecule has 0 unspecified atom stereocenters. The molecule has 2 rings (SSSR count). The minimum atomic E-state index is -0.756. The van der Waals surface area contributed by atoms with E-state index in [-0.39, 0.29) is 29.9 Å². The van der Waals surface area contributed by atoms with Gasteiger partial charge in [0.1, 0.15) is 11.4 Å². The summed E-state index contributed by atoms with van der Waals surface area (Å²) in [5, 5.41) is 11.0. The van der Waals surface area contributed by atoms with E-state index in [1.807, 2.05) is 26.8 Å². The predicted octanol–water partition coefficient (Wildman–Crippen LogP) is 3.89. The van der Waals surface area contributed by atoms with E-state index in [9.17, 15) is 14.0 Å². The number of piperidine rings is 1. The van der Waals surface area contributed by atoms with Crippen molar-refractivity contribution in [2.45, 2.75) is 39.2 Å². The van der Waals surface area contributed by atoms with Crippen molar-refractivity contribution in [3.63, 3.8) is 0 Å². The number of nitriles is 1. The zero-order valence-electron chi connectivity index (χ0n) is 15.8. The highest BCUT2D eigenvalue weighted by molar-refractivity contribution is 5.84. The first-order valence-electron chi connectivity index (χ1n) is 8.79. The van der Waals surface area contributed by atoms with Gasteiger partial charge in [-0.05, 0) is 57.7 Å². The highest BCUT2D eigenvalue weighted by Gasteiger charge is 2.27. The maximum absolute atomic E-state index is 13.8. The monoisotopic (exact) mass is 377 g/mol. The molecular weight excluding hydrogens is 353 g/mol. The van der Waals surface area contributed by atoms with Gasteiger partial charge in [0.05, 0.1) is 23.9 Å². The molecular formula is C19H24FN3O4. The molecule has 1 saturated heterocycles. The van der Waals surface area contributed by atoms with Gasteiger partial charge < -0.3 is 14.4 Å². The van der Waals surface area contributed by atoms with Gasteiger partial charge in [0.25, 0.3) is 0 Å². The molecule has 1 aliphatic heterocycles. The highest BCUT2D eigenvalue weighted by Crippen LogP contribution is 2.21. The number of hydrogen-bond donors (Lipinski definition) is 1. The Morgan fingerprint density at radius 3 is 2.56 bits per heavy atom.